The van der Waals surface area contributed by atoms with Gasteiger partial charge < -0.3 is 15.2 Å². The van der Waals surface area contributed by atoms with Gasteiger partial charge in [0.25, 0.3) is 5.56 Å². The lowest BCUT2D eigenvalue weighted by molar-refractivity contribution is -0.141. The van der Waals surface area contributed by atoms with Gasteiger partial charge in [-0.2, -0.15) is 0 Å². The molecule has 0 aliphatic heterocycles. The highest BCUT2D eigenvalue weighted by molar-refractivity contribution is 6.30. The SMILES string of the molecule is C[C@@H](Cn1c(=O)cc(Nc2ccc(Oc3ccccn3)cc2)n(Cc2ccc(Cl)cc2)c1=O)C(=O)O. The quantitative estimate of drug-likeness (QED) is 0.346. The number of nitrogens with one attached hydrogen (secondary N) is 1. The molecule has 0 fully saturated rings. The van der Waals surface area contributed by atoms with Gasteiger partial charge in [-0.15, -0.1) is 0 Å². The van der Waals surface area contributed by atoms with Gasteiger partial charge in [0.2, 0.25) is 5.88 Å². The number of carbonyl (C=O) groups is 1. The molecule has 0 bridgehead atoms. The first kappa shape index (κ1) is 24.7. The zero-order valence-corrected chi connectivity index (χ0v) is 20.1. The molecule has 0 unspecified atom stereocenters. The molecule has 0 aliphatic rings. The number of anilines is 2. The van der Waals surface area contributed by atoms with E-state index < -0.39 is 23.1 Å². The van der Waals surface area contributed by atoms with Crippen molar-refractivity contribution in [3.05, 3.63) is 110 Å². The smallest absolute Gasteiger partial charge is 0.332 e. The number of aromatic nitrogens is 3. The van der Waals surface area contributed by atoms with Crippen molar-refractivity contribution in [1.29, 1.82) is 0 Å². The lowest BCUT2D eigenvalue weighted by Gasteiger charge is -2.18. The van der Waals surface area contributed by atoms with Crippen LogP contribution in [0.1, 0.15) is 12.5 Å². The number of hydrogen-bond acceptors (Lipinski definition) is 6. The maximum absolute atomic E-state index is 13.3. The van der Waals surface area contributed by atoms with E-state index in [-0.39, 0.29) is 18.9 Å². The fourth-order valence-electron chi connectivity index (χ4n) is 3.45. The standard InChI is InChI=1S/C26H23ClN4O5/c1-17(25(33)34)15-31-24(32)14-22(30(26(31)35)16-18-5-7-19(27)8-6-18)29-20-9-11-21(12-10-20)36-23-4-2-3-13-28-23/h2-14,17,29H,15-16H2,1H3,(H,33,34)/t17-/m0/s1. The van der Waals surface area contributed by atoms with Gasteiger partial charge in [-0.05, 0) is 48.0 Å². The summed E-state index contributed by atoms with van der Waals surface area (Å²) in [6.07, 6.45) is 1.63. The van der Waals surface area contributed by atoms with Crippen molar-refractivity contribution in [2.24, 2.45) is 5.92 Å². The van der Waals surface area contributed by atoms with Gasteiger partial charge in [0.05, 0.1) is 12.5 Å². The van der Waals surface area contributed by atoms with E-state index in [1.807, 2.05) is 6.07 Å². The fourth-order valence-corrected chi connectivity index (χ4v) is 3.57. The zero-order valence-electron chi connectivity index (χ0n) is 19.3. The number of carboxylic acids is 1. The van der Waals surface area contributed by atoms with Crippen LogP contribution >= 0.6 is 11.6 Å². The van der Waals surface area contributed by atoms with E-state index in [0.717, 1.165) is 10.1 Å². The number of pyridine rings is 1. The zero-order chi connectivity index (χ0) is 25.7. The molecule has 4 rings (SSSR count). The Kier molecular flexibility index (Phi) is 7.50. The Hall–Kier alpha value is -4.37. The van der Waals surface area contributed by atoms with Crippen LogP contribution in [0.4, 0.5) is 11.5 Å². The summed E-state index contributed by atoms with van der Waals surface area (Å²) in [5.74, 6) is -0.728. The Morgan fingerprint density at radius 3 is 2.42 bits per heavy atom. The van der Waals surface area contributed by atoms with Crippen LogP contribution in [0.5, 0.6) is 11.6 Å². The topological polar surface area (TPSA) is 115 Å². The Morgan fingerprint density at radius 1 is 1.06 bits per heavy atom. The third kappa shape index (κ3) is 6.00. The number of benzene rings is 2. The molecular weight excluding hydrogens is 484 g/mol. The number of hydrogen-bond donors (Lipinski definition) is 2. The number of carboxylic acid groups (broad SMARTS) is 1. The van der Waals surface area contributed by atoms with Gasteiger partial charge in [-0.25, -0.2) is 9.78 Å². The molecule has 1 atom stereocenters. The van der Waals surface area contributed by atoms with Gasteiger partial charge >= 0.3 is 11.7 Å². The second kappa shape index (κ2) is 10.9. The van der Waals surface area contributed by atoms with E-state index in [4.69, 9.17) is 16.3 Å². The second-order valence-electron chi connectivity index (χ2n) is 8.13. The van der Waals surface area contributed by atoms with Crippen LogP contribution in [0.25, 0.3) is 0 Å². The first-order valence-corrected chi connectivity index (χ1v) is 11.5. The van der Waals surface area contributed by atoms with Gasteiger partial charge in [-0.3, -0.25) is 18.7 Å². The van der Waals surface area contributed by atoms with Crippen LogP contribution in [0.3, 0.4) is 0 Å². The van der Waals surface area contributed by atoms with Crippen molar-refractivity contribution >= 4 is 29.1 Å². The highest BCUT2D eigenvalue weighted by atomic mass is 35.5. The monoisotopic (exact) mass is 506 g/mol. The minimum absolute atomic E-state index is 0.140. The van der Waals surface area contributed by atoms with E-state index in [0.29, 0.717) is 22.3 Å². The molecule has 0 spiro atoms. The van der Waals surface area contributed by atoms with Crippen LogP contribution in [-0.4, -0.2) is 25.2 Å². The molecule has 9 nitrogen and oxygen atoms in total. The summed E-state index contributed by atoms with van der Waals surface area (Å²) in [5.41, 5.74) is 0.171. The summed E-state index contributed by atoms with van der Waals surface area (Å²) < 4.78 is 8.02. The summed E-state index contributed by atoms with van der Waals surface area (Å²) in [4.78, 5) is 41.6. The summed E-state index contributed by atoms with van der Waals surface area (Å²) in [6.45, 7) is 1.34. The summed E-state index contributed by atoms with van der Waals surface area (Å²) >= 11 is 5.99. The lowest BCUT2D eigenvalue weighted by Crippen LogP contribution is -2.42. The Morgan fingerprint density at radius 2 is 1.78 bits per heavy atom. The number of nitrogens with zero attached hydrogens (tertiary/aromatic N) is 3. The van der Waals surface area contributed by atoms with Crippen LogP contribution in [0, 0.1) is 5.92 Å². The summed E-state index contributed by atoms with van der Waals surface area (Å²) in [6, 6.07) is 20.5. The molecule has 4 aromatic rings. The van der Waals surface area contributed by atoms with Crippen molar-refractivity contribution in [3.63, 3.8) is 0 Å². The number of halogens is 1. The molecule has 0 saturated heterocycles. The highest BCUT2D eigenvalue weighted by Crippen LogP contribution is 2.23. The maximum Gasteiger partial charge on any atom is 0.332 e. The van der Waals surface area contributed by atoms with E-state index >= 15 is 0 Å². The number of rotatable bonds is 9. The average molecular weight is 507 g/mol. The fraction of sp³-hybridized carbons (Fsp3) is 0.154. The predicted octanol–water partition coefficient (Wildman–Crippen LogP) is 4.36. The van der Waals surface area contributed by atoms with E-state index in [1.54, 1.807) is 66.9 Å². The van der Waals surface area contributed by atoms with Crippen molar-refractivity contribution in [1.82, 2.24) is 14.1 Å². The van der Waals surface area contributed by atoms with E-state index in [1.165, 1.54) is 17.6 Å². The largest absolute Gasteiger partial charge is 0.481 e. The minimum atomic E-state index is -1.10. The molecule has 0 radical (unpaired) electrons. The molecule has 2 aromatic carbocycles. The third-order valence-electron chi connectivity index (χ3n) is 5.40. The first-order valence-electron chi connectivity index (χ1n) is 11.1. The molecule has 2 aromatic heterocycles. The highest BCUT2D eigenvalue weighted by Gasteiger charge is 2.18. The van der Waals surface area contributed by atoms with Crippen LogP contribution in [-0.2, 0) is 17.9 Å². The van der Waals surface area contributed by atoms with Crippen LogP contribution < -0.4 is 21.3 Å². The number of ether oxygens (including phenoxy) is 1. The minimum Gasteiger partial charge on any atom is -0.481 e. The second-order valence-corrected chi connectivity index (χ2v) is 8.57. The third-order valence-corrected chi connectivity index (χ3v) is 5.65. The molecule has 10 heteroatoms. The molecule has 2 heterocycles. The van der Waals surface area contributed by atoms with E-state index in [9.17, 15) is 19.5 Å². The van der Waals surface area contributed by atoms with Crippen molar-refractivity contribution < 1.29 is 14.6 Å². The molecule has 0 saturated carbocycles. The molecular formula is C26H23ClN4O5. The van der Waals surface area contributed by atoms with Crippen LogP contribution in [0.15, 0.2) is 88.6 Å². The Bertz CT molecular complexity index is 1470. The van der Waals surface area contributed by atoms with Crippen molar-refractivity contribution in [2.75, 3.05) is 5.32 Å². The van der Waals surface area contributed by atoms with Crippen molar-refractivity contribution in [3.8, 4) is 11.6 Å². The predicted molar refractivity (Wildman–Crippen MR) is 136 cm³/mol. The van der Waals surface area contributed by atoms with Crippen molar-refractivity contribution in [2.45, 2.75) is 20.0 Å². The Balaban J connectivity index is 1.66. The first-order chi connectivity index (χ1) is 17.3. The van der Waals surface area contributed by atoms with E-state index in [2.05, 4.69) is 10.3 Å². The van der Waals surface area contributed by atoms with Gasteiger partial charge in [0.15, 0.2) is 0 Å². The molecule has 0 aliphatic carbocycles. The average Bonchev–Trinajstić information content (AvgIpc) is 2.87. The van der Waals surface area contributed by atoms with Gasteiger partial charge in [0.1, 0.15) is 11.6 Å². The normalized spacial score (nSPS) is 11.6. The molecule has 184 valence electrons. The number of aliphatic carboxylic acids is 1. The molecule has 2 N–H and O–H groups in total. The molecule has 36 heavy (non-hydrogen) atoms. The van der Waals surface area contributed by atoms with Gasteiger partial charge in [-0.1, -0.05) is 36.7 Å². The lowest BCUT2D eigenvalue weighted by atomic mass is 10.2. The van der Waals surface area contributed by atoms with Gasteiger partial charge in [0, 0.05) is 35.6 Å². The van der Waals surface area contributed by atoms with Crippen LogP contribution in [0.2, 0.25) is 5.02 Å². The molecule has 0 amide bonds. The maximum atomic E-state index is 13.3. The summed E-state index contributed by atoms with van der Waals surface area (Å²) in [5, 5.41) is 12.9. The summed E-state index contributed by atoms with van der Waals surface area (Å²) in [7, 11) is 0. The Labute approximate surface area is 211 Å².